The van der Waals surface area contributed by atoms with Gasteiger partial charge in [0, 0.05) is 17.5 Å². The van der Waals surface area contributed by atoms with Crippen molar-refractivity contribution in [3.63, 3.8) is 0 Å². The van der Waals surface area contributed by atoms with Gasteiger partial charge in [-0.1, -0.05) is 18.2 Å². The monoisotopic (exact) mass is 182 g/mol. The fourth-order valence-electron chi connectivity index (χ4n) is 1.79. The van der Waals surface area contributed by atoms with Crippen molar-refractivity contribution in [2.45, 2.75) is 18.8 Å². The summed E-state index contributed by atoms with van der Waals surface area (Å²) in [5, 5.41) is 0. The summed E-state index contributed by atoms with van der Waals surface area (Å²) < 4.78 is 26.5. The van der Waals surface area contributed by atoms with Gasteiger partial charge < -0.3 is 0 Å². The molecule has 0 aromatic heterocycles. The molecular formula is C10H8F2O. The van der Waals surface area contributed by atoms with Crippen LogP contribution in [0.25, 0.3) is 0 Å². The molecule has 1 aromatic rings. The highest BCUT2D eigenvalue weighted by Gasteiger charge is 2.40. The van der Waals surface area contributed by atoms with Crippen molar-refractivity contribution in [1.29, 1.82) is 0 Å². The molecule has 0 unspecified atom stereocenters. The standard InChI is InChI=1S/C10H8F2O/c11-10(12)5-4-7-2-1-3-8(6-13)9(7)10/h1-3,6H,4-5H2. The van der Waals surface area contributed by atoms with Crippen LogP contribution in [0.1, 0.15) is 27.9 Å². The van der Waals surface area contributed by atoms with Crippen LogP contribution in [0.4, 0.5) is 8.78 Å². The molecule has 1 aliphatic rings. The van der Waals surface area contributed by atoms with Gasteiger partial charge in [-0.3, -0.25) is 4.79 Å². The highest BCUT2D eigenvalue weighted by Crippen LogP contribution is 2.42. The normalized spacial score (nSPS) is 18.3. The third kappa shape index (κ3) is 1.15. The van der Waals surface area contributed by atoms with Crippen LogP contribution in [0.3, 0.4) is 0 Å². The van der Waals surface area contributed by atoms with Crippen LogP contribution >= 0.6 is 0 Å². The van der Waals surface area contributed by atoms with Gasteiger partial charge in [-0.25, -0.2) is 8.78 Å². The number of aldehydes is 1. The van der Waals surface area contributed by atoms with Crippen molar-refractivity contribution >= 4 is 6.29 Å². The van der Waals surface area contributed by atoms with Gasteiger partial charge in [-0.15, -0.1) is 0 Å². The van der Waals surface area contributed by atoms with E-state index in [0.29, 0.717) is 18.3 Å². The van der Waals surface area contributed by atoms with Crippen molar-refractivity contribution in [3.05, 3.63) is 34.9 Å². The van der Waals surface area contributed by atoms with E-state index in [0.717, 1.165) is 0 Å². The molecule has 0 saturated carbocycles. The largest absolute Gasteiger partial charge is 0.298 e. The Morgan fingerprint density at radius 3 is 2.85 bits per heavy atom. The predicted molar refractivity (Wildman–Crippen MR) is 44.0 cm³/mol. The summed E-state index contributed by atoms with van der Waals surface area (Å²) in [6.07, 6.45) is 0.690. The summed E-state index contributed by atoms with van der Waals surface area (Å²) in [6, 6.07) is 4.73. The molecule has 0 spiro atoms. The maximum atomic E-state index is 13.2. The molecular weight excluding hydrogens is 174 g/mol. The molecule has 2 rings (SSSR count). The van der Waals surface area contributed by atoms with Gasteiger partial charge in [0.05, 0.1) is 0 Å². The average molecular weight is 182 g/mol. The second kappa shape index (κ2) is 2.62. The van der Waals surface area contributed by atoms with Crippen molar-refractivity contribution in [3.8, 4) is 0 Å². The molecule has 13 heavy (non-hydrogen) atoms. The summed E-state index contributed by atoms with van der Waals surface area (Å²) in [5.41, 5.74) is 0.666. The van der Waals surface area contributed by atoms with Gasteiger partial charge in [-0.2, -0.15) is 0 Å². The van der Waals surface area contributed by atoms with Crippen molar-refractivity contribution in [2.75, 3.05) is 0 Å². The summed E-state index contributed by atoms with van der Waals surface area (Å²) in [5.74, 6) is -2.81. The molecule has 0 amide bonds. The summed E-state index contributed by atoms with van der Waals surface area (Å²) in [7, 11) is 0. The average Bonchev–Trinajstić information content (AvgIpc) is 2.43. The third-order valence-corrected chi connectivity index (χ3v) is 2.38. The minimum atomic E-state index is -2.81. The first-order valence-corrected chi connectivity index (χ1v) is 4.10. The van der Waals surface area contributed by atoms with E-state index in [1.54, 1.807) is 12.1 Å². The Kier molecular flexibility index (Phi) is 1.68. The van der Waals surface area contributed by atoms with E-state index in [9.17, 15) is 13.6 Å². The number of carbonyl (C=O) groups is 1. The number of rotatable bonds is 1. The smallest absolute Gasteiger partial charge is 0.274 e. The predicted octanol–water partition coefficient (Wildman–Crippen LogP) is 2.54. The lowest BCUT2D eigenvalue weighted by atomic mass is 10.0. The van der Waals surface area contributed by atoms with E-state index in [1.807, 2.05) is 0 Å². The number of hydrogen-bond donors (Lipinski definition) is 0. The van der Waals surface area contributed by atoms with Crippen molar-refractivity contribution < 1.29 is 13.6 Å². The first kappa shape index (κ1) is 8.35. The Hall–Kier alpha value is -1.25. The van der Waals surface area contributed by atoms with E-state index in [-0.39, 0.29) is 17.5 Å². The molecule has 0 fully saturated rings. The Morgan fingerprint density at radius 1 is 1.38 bits per heavy atom. The lowest BCUT2D eigenvalue weighted by molar-refractivity contribution is -0.00236. The van der Waals surface area contributed by atoms with Crippen LogP contribution in [0, 0.1) is 0 Å². The van der Waals surface area contributed by atoms with Crippen LogP contribution in [-0.2, 0) is 12.3 Å². The Labute approximate surface area is 74.4 Å². The van der Waals surface area contributed by atoms with E-state index in [2.05, 4.69) is 0 Å². The van der Waals surface area contributed by atoms with E-state index >= 15 is 0 Å². The molecule has 0 radical (unpaired) electrons. The highest BCUT2D eigenvalue weighted by molar-refractivity contribution is 5.79. The number of alkyl halides is 2. The number of carbonyl (C=O) groups excluding carboxylic acids is 1. The molecule has 1 aliphatic carbocycles. The molecule has 0 aliphatic heterocycles. The molecule has 0 saturated heterocycles. The molecule has 68 valence electrons. The number of benzene rings is 1. The van der Waals surface area contributed by atoms with E-state index < -0.39 is 5.92 Å². The molecule has 0 N–H and O–H groups in total. The number of fused-ring (bicyclic) bond motifs is 1. The number of halogens is 2. The maximum Gasteiger partial charge on any atom is 0.274 e. The zero-order valence-corrected chi connectivity index (χ0v) is 6.89. The van der Waals surface area contributed by atoms with Crippen LogP contribution in [0.15, 0.2) is 18.2 Å². The van der Waals surface area contributed by atoms with Gasteiger partial charge in [0.2, 0.25) is 0 Å². The minimum absolute atomic E-state index is 0.0648. The lowest BCUT2D eigenvalue weighted by Crippen LogP contribution is -2.10. The minimum Gasteiger partial charge on any atom is -0.298 e. The Balaban J connectivity index is 2.66. The van der Waals surface area contributed by atoms with Gasteiger partial charge in [0.15, 0.2) is 6.29 Å². The highest BCUT2D eigenvalue weighted by atomic mass is 19.3. The van der Waals surface area contributed by atoms with Gasteiger partial charge in [0.25, 0.3) is 5.92 Å². The third-order valence-electron chi connectivity index (χ3n) is 2.38. The Bertz CT molecular complexity index is 358. The van der Waals surface area contributed by atoms with Gasteiger partial charge in [0.1, 0.15) is 0 Å². The molecule has 0 heterocycles. The maximum absolute atomic E-state index is 13.2. The van der Waals surface area contributed by atoms with Crippen LogP contribution in [0.5, 0.6) is 0 Å². The van der Waals surface area contributed by atoms with Crippen molar-refractivity contribution in [1.82, 2.24) is 0 Å². The molecule has 0 atom stereocenters. The van der Waals surface area contributed by atoms with Gasteiger partial charge >= 0.3 is 0 Å². The first-order valence-electron chi connectivity index (χ1n) is 4.10. The second-order valence-corrected chi connectivity index (χ2v) is 3.20. The molecule has 0 bridgehead atoms. The van der Waals surface area contributed by atoms with E-state index in [4.69, 9.17) is 0 Å². The van der Waals surface area contributed by atoms with Gasteiger partial charge in [-0.05, 0) is 12.0 Å². The molecule has 3 heteroatoms. The number of hydrogen-bond acceptors (Lipinski definition) is 1. The zero-order valence-electron chi connectivity index (χ0n) is 6.89. The van der Waals surface area contributed by atoms with Crippen LogP contribution in [0.2, 0.25) is 0 Å². The van der Waals surface area contributed by atoms with Crippen LogP contribution < -0.4 is 0 Å². The zero-order chi connectivity index (χ0) is 9.47. The van der Waals surface area contributed by atoms with Crippen LogP contribution in [-0.4, -0.2) is 6.29 Å². The topological polar surface area (TPSA) is 17.1 Å². The summed E-state index contributed by atoms with van der Waals surface area (Å²) in [4.78, 5) is 10.5. The lowest BCUT2D eigenvalue weighted by Gasteiger charge is -2.11. The quantitative estimate of drug-likeness (QED) is 0.610. The number of aryl methyl sites for hydroxylation is 1. The molecule has 1 nitrogen and oxygen atoms in total. The summed E-state index contributed by atoms with van der Waals surface area (Å²) >= 11 is 0. The Morgan fingerprint density at radius 2 is 2.15 bits per heavy atom. The second-order valence-electron chi connectivity index (χ2n) is 3.20. The van der Waals surface area contributed by atoms with E-state index in [1.165, 1.54) is 6.07 Å². The fraction of sp³-hybridized carbons (Fsp3) is 0.300. The fourth-order valence-corrected chi connectivity index (χ4v) is 1.79. The molecule has 1 aromatic carbocycles. The SMILES string of the molecule is O=Cc1cccc2c1C(F)(F)CC2. The first-order chi connectivity index (χ1) is 6.15. The van der Waals surface area contributed by atoms with Crippen molar-refractivity contribution in [2.24, 2.45) is 0 Å². The summed E-state index contributed by atoms with van der Waals surface area (Å²) in [6.45, 7) is 0.